The second-order valence-corrected chi connectivity index (χ2v) is 7.99. The molecule has 8 heteroatoms. The fraction of sp³-hybridized carbons (Fsp3) is 0.692. The number of fused-ring (bicyclic) bond motifs is 1. The second-order valence-electron chi connectivity index (χ2n) is 6.11. The van der Waals surface area contributed by atoms with Gasteiger partial charge in [-0.2, -0.15) is 9.40 Å². The molecule has 1 saturated heterocycles. The highest BCUT2D eigenvalue weighted by Gasteiger charge is 2.57. The lowest BCUT2D eigenvalue weighted by Crippen LogP contribution is -2.37. The van der Waals surface area contributed by atoms with Crippen LogP contribution in [0.25, 0.3) is 0 Å². The number of rotatable bonds is 3. The molecule has 0 radical (unpaired) electrons. The van der Waals surface area contributed by atoms with Crippen LogP contribution in [0.4, 0.5) is 0 Å². The fourth-order valence-electron chi connectivity index (χ4n) is 3.83. The van der Waals surface area contributed by atoms with Crippen molar-refractivity contribution in [3.05, 3.63) is 11.4 Å². The molecule has 7 nitrogen and oxygen atoms in total. The van der Waals surface area contributed by atoms with E-state index in [1.54, 1.807) is 13.8 Å². The van der Waals surface area contributed by atoms with E-state index in [0.717, 1.165) is 12.8 Å². The Balaban J connectivity index is 1.98. The van der Waals surface area contributed by atoms with Crippen LogP contribution in [0.3, 0.4) is 0 Å². The van der Waals surface area contributed by atoms with Crippen LogP contribution in [0.5, 0.6) is 0 Å². The van der Waals surface area contributed by atoms with E-state index in [2.05, 4.69) is 10.2 Å². The van der Waals surface area contributed by atoms with Gasteiger partial charge in [-0.1, -0.05) is 6.42 Å². The van der Waals surface area contributed by atoms with Gasteiger partial charge in [-0.25, -0.2) is 8.42 Å². The Morgan fingerprint density at radius 1 is 1.48 bits per heavy atom. The smallest absolute Gasteiger partial charge is 0.311 e. The van der Waals surface area contributed by atoms with Crippen molar-refractivity contribution < 1.29 is 18.3 Å². The molecule has 1 aliphatic carbocycles. The Morgan fingerprint density at radius 3 is 2.71 bits per heavy atom. The van der Waals surface area contributed by atoms with Crippen molar-refractivity contribution in [2.45, 2.75) is 38.0 Å². The second kappa shape index (κ2) is 4.54. The summed E-state index contributed by atoms with van der Waals surface area (Å²) in [5.74, 6) is -0.958. The highest BCUT2D eigenvalue weighted by molar-refractivity contribution is 7.89. The lowest BCUT2D eigenvalue weighted by atomic mass is 9.81. The molecule has 21 heavy (non-hydrogen) atoms. The zero-order valence-electron chi connectivity index (χ0n) is 12.1. The van der Waals surface area contributed by atoms with Gasteiger partial charge in [-0.3, -0.25) is 9.89 Å². The van der Waals surface area contributed by atoms with Crippen molar-refractivity contribution in [3.63, 3.8) is 0 Å². The summed E-state index contributed by atoms with van der Waals surface area (Å²) in [6.07, 6.45) is 2.19. The lowest BCUT2D eigenvalue weighted by molar-refractivity contribution is -0.149. The zero-order valence-corrected chi connectivity index (χ0v) is 12.9. The molecule has 1 aliphatic heterocycles. The third-order valence-electron chi connectivity index (χ3n) is 4.92. The minimum Gasteiger partial charge on any atom is -0.481 e. The summed E-state index contributed by atoms with van der Waals surface area (Å²) >= 11 is 0. The molecule has 2 N–H and O–H groups in total. The predicted octanol–water partition coefficient (Wildman–Crippen LogP) is 0.902. The predicted molar refractivity (Wildman–Crippen MR) is 74.2 cm³/mol. The first-order chi connectivity index (χ1) is 9.79. The molecule has 2 aliphatic rings. The first-order valence-electron chi connectivity index (χ1n) is 7.04. The summed E-state index contributed by atoms with van der Waals surface area (Å²) in [4.78, 5) is 11.8. The molecule has 0 aromatic carbocycles. The number of H-pyrrole nitrogens is 1. The number of hydrogen-bond donors (Lipinski definition) is 2. The van der Waals surface area contributed by atoms with E-state index < -0.39 is 21.4 Å². The Labute approximate surface area is 123 Å². The van der Waals surface area contributed by atoms with Gasteiger partial charge in [0.25, 0.3) is 0 Å². The van der Waals surface area contributed by atoms with E-state index in [9.17, 15) is 18.3 Å². The lowest BCUT2D eigenvalue weighted by Gasteiger charge is -2.23. The quantitative estimate of drug-likeness (QED) is 0.863. The number of aromatic amines is 1. The van der Waals surface area contributed by atoms with E-state index in [4.69, 9.17) is 0 Å². The van der Waals surface area contributed by atoms with Crippen LogP contribution in [-0.2, 0) is 14.8 Å². The Morgan fingerprint density at radius 2 is 2.19 bits per heavy atom. The van der Waals surface area contributed by atoms with Gasteiger partial charge >= 0.3 is 5.97 Å². The molecule has 0 unspecified atom stereocenters. The molecule has 1 saturated carbocycles. The topological polar surface area (TPSA) is 103 Å². The standard InChI is InChI=1S/C13H19N3O4S/c1-8-11(9(2)15-14-8)21(19,20)16-6-10-4-3-5-13(10,7-16)12(17)18/h10H,3-7H2,1-2H3,(H,14,15)(H,17,18)/t10-,13+/m0/s1. The van der Waals surface area contributed by atoms with Crippen LogP contribution in [0.15, 0.2) is 4.90 Å². The maximum atomic E-state index is 12.8. The summed E-state index contributed by atoms with van der Waals surface area (Å²) in [7, 11) is -3.69. The number of hydrogen-bond acceptors (Lipinski definition) is 4. The molecule has 2 atom stereocenters. The fourth-order valence-corrected chi connectivity index (χ4v) is 5.71. The van der Waals surface area contributed by atoms with Gasteiger partial charge in [0, 0.05) is 13.1 Å². The molecule has 3 rings (SSSR count). The SMILES string of the molecule is Cc1n[nH]c(C)c1S(=O)(=O)N1C[C@@H]2CCC[C@@]2(C(=O)O)C1. The van der Waals surface area contributed by atoms with Gasteiger partial charge in [0.2, 0.25) is 10.0 Å². The first kappa shape index (κ1) is 14.5. The minimum atomic E-state index is -3.69. The number of carboxylic acid groups (broad SMARTS) is 1. The summed E-state index contributed by atoms with van der Waals surface area (Å²) in [5.41, 5.74) is 0.0152. The number of nitrogens with zero attached hydrogens (tertiary/aromatic N) is 2. The monoisotopic (exact) mass is 313 g/mol. The van der Waals surface area contributed by atoms with Crippen molar-refractivity contribution >= 4 is 16.0 Å². The normalized spacial score (nSPS) is 29.7. The number of aliphatic carboxylic acids is 1. The van der Waals surface area contributed by atoms with E-state index in [-0.39, 0.29) is 17.4 Å². The number of carboxylic acids is 1. The molecule has 2 fully saturated rings. The number of sulfonamides is 1. The molecule has 0 spiro atoms. The van der Waals surface area contributed by atoms with Crippen LogP contribution in [0.1, 0.15) is 30.7 Å². The van der Waals surface area contributed by atoms with Gasteiger partial charge in [0.15, 0.2) is 0 Å². The summed E-state index contributed by atoms with van der Waals surface area (Å²) in [6, 6.07) is 0. The Kier molecular flexibility index (Phi) is 3.14. The van der Waals surface area contributed by atoms with Gasteiger partial charge in [-0.05, 0) is 32.6 Å². The van der Waals surface area contributed by atoms with E-state index in [1.807, 2.05) is 0 Å². The highest BCUT2D eigenvalue weighted by atomic mass is 32.2. The first-order valence-corrected chi connectivity index (χ1v) is 8.48. The van der Waals surface area contributed by atoms with Gasteiger partial charge in [-0.15, -0.1) is 0 Å². The number of aromatic nitrogens is 2. The average molecular weight is 313 g/mol. The van der Waals surface area contributed by atoms with Crippen LogP contribution >= 0.6 is 0 Å². The Bertz CT molecular complexity index is 677. The third-order valence-corrected chi connectivity index (χ3v) is 7.00. The van der Waals surface area contributed by atoms with Crippen molar-refractivity contribution in [3.8, 4) is 0 Å². The molecule has 1 aromatic rings. The van der Waals surface area contributed by atoms with Gasteiger partial charge in [0.05, 0.1) is 16.8 Å². The van der Waals surface area contributed by atoms with Crippen LogP contribution in [0, 0.1) is 25.2 Å². The number of aryl methyl sites for hydroxylation is 2. The third kappa shape index (κ3) is 1.92. The largest absolute Gasteiger partial charge is 0.481 e. The van der Waals surface area contributed by atoms with Crippen molar-refractivity contribution in [2.75, 3.05) is 13.1 Å². The molecule has 1 aromatic heterocycles. The van der Waals surface area contributed by atoms with Gasteiger partial charge in [0.1, 0.15) is 4.90 Å². The van der Waals surface area contributed by atoms with E-state index in [1.165, 1.54) is 4.31 Å². The minimum absolute atomic E-state index is 0.0688. The molecule has 2 heterocycles. The Hall–Kier alpha value is -1.41. The van der Waals surface area contributed by atoms with Crippen LogP contribution < -0.4 is 0 Å². The summed E-state index contributed by atoms with van der Waals surface area (Å²) < 4.78 is 26.9. The zero-order chi connectivity index (χ0) is 15.4. The molecule has 0 amide bonds. The van der Waals surface area contributed by atoms with Crippen molar-refractivity contribution in [1.82, 2.24) is 14.5 Å². The maximum Gasteiger partial charge on any atom is 0.311 e. The highest BCUT2D eigenvalue weighted by Crippen LogP contribution is 2.50. The van der Waals surface area contributed by atoms with Crippen molar-refractivity contribution in [1.29, 1.82) is 0 Å². The van der Waals surface area contributed by atoms with Crippen LogP contribution in [0.2, 0.25) is 0 Å². The molecule has 0 bridgehead atoms. The molecular formula is C13H19N3O4S. The summed E-state index contributed by atoms with van der Waals surface area (Å²) in [5, 5.41) is 16.2. The average Bonchev–Trinajstić information content (AvgIpc) is 3.01. The molecular weight excluding hydrogens is 294 g/mol. The van der Waals surface area contributed by atoms with Crippen molar-refractivity contribution in [2.24, 2.45) is 11.3 Å². The maximum absolute atomic E-state index is 12.8. The number of nitrogens with one attached hydrogen (secondary N) is 1. The summed E-state index contributed by atoms with van der Waals surface area (Å²) in [6.45, 7) is 3.66. The van der Waals surface area contributed by atoms with E-state index >= 15 is 0 Å². The van der Waals surface area contributed by atoms with E-state index in [0.29, 0.717) is 24.4 Å². The number of carbonyl (C=O) groups is 1. The van der Waals surface area contributed by atoms with Gasteiger partial charge < -0.3 is 5.11 Å². The molecule has 116 valence electrons. The van der Waals surface area contributed by atoms with Crippen LogP contribution in [-0.4, -0.2) is 47.1 Å².